The SMILES string of the molecule is CN(C)CCOc1ccc(Nc2nccc(CC(=O)c3cccc(NC(=O)c4c(F)cccc4F)c3)n2)cc1Cl. The zero-order chi connectivity index (χ0) is 28.6. The maximum absolute atomic E-state index is 13.9. The first-order valence-electron chi connectivity index (χ1n) is 12.2. The van der Waals surface area contributed by atoms with Gasteiger partial charge in [0.05, 0.1) is 17.1 Å². The van der Waals surface area contributed by atoms with Crippen LogP contribution in [0.25, 0.3) is 0 Å². The molecule has 0 saturated carbocycles. The highest BCUT2D eigenvalue weighted by Crippen LogP contribution is 2.28. The van der Waals surface area contributed by atoms with Crippen LogP contribution in [-0.4, -0.2) is 53.8 Å². The summed E-state index contributed by atoms with van der Waals surface area (Å²) < 4.78 is 33.6. The molecule has 8 nitrogen and oxygen atoms in total. The fourth-order valence-corrected chi connectivity index (χ4v) is 3.90. The van der Waals surface area contributed by atoms with Gasteiger partial charge in [-0.05, 0) is 62.6 Å². The Hall–Kier alpha value is -4.41. The van der Waals surface area contributed by atoms with E-state index >= 15 is 0 Å². The Morgan fingerprint density at radius 1 is 0.975 bits per heavy atom. The van der Waals surface area contributed by atoms with E-state index in [1.807, 2.05) is 19.0 Å². The molecule has 0 aliphatic carbocycles. The lowest BCUT2D eigenvalue weighted by molar-refractivity contribution is 0.0987. The Morgan fingerprint density at radius 2 is 1.73 bits per heavy atom. The van der Waals surface area contributed by atoms with Gasteiger partial charge in [0.25, 0.3) is 5.91 Å². The second kappa shape index (κ2) is 13.1. The molecule has 4 aromatic rings. The van der Waals surface area contributed by atoms with Crippen molar-refractivity contribution in [3.05, 3.63) is 106 Å². The molecule has 0 spiro atoms. The number of ketones is 1. The summed E-state index contributed by atoms with van der Waals surface area (Å²) in [6, 6.07) is 16.1. The lowest BCUT2D eigenvalue weighted by Crippen LogP contribution is -2.19. The number of hydrogen-bond acceptors (Lipinski definition) is 7. The van der Waals surface area contributed by atoms with E-state index in [9.17, 15) is 18.4 Å². The number of ether oxygens (including phenoxy) is 1. The van der Waals surface area contributed by atoms with Crippen molar-refractivity contribution in [2.75, 3.05) is 37.9 Å². The largest absolute Gasteiger partial charge is 0.491 e. The van der Waals surface area contributed by atoms with Gasteiger partial charge < -0.3 is 20.3 Å². The summed E-state index contributed by atoms with van der Waals surface area (Å²) in [4.78, 5) is 36.0. The number of rotatable bonds is 11. The quantitative estimate of drug-likeness (QED) is 0.223. The summed E-state index contributed by atoms with van der Waals surface area (Å²) in [5, 5.41) is 5.93. The Bertz CT molecular complexity index is 1510. The Balaban J connectivity index is 1.40. The van der Waals surface area contributed by atoms with E-state index in [0.717, 1.165) is 18.7 Å². The summed E-state index contributed by atoms with van der Waals surface area (Å²) >= 11 is 6.35. The van der Waals surface area contributed by atoms with Crippen LogP contribution in [0, 0.1) is 11.6 Å². The van der Waals surface area contributed by atoms with Crippen molar-refractivity contribution in [3.8, 4) is 5.75 Å². The summed E-state index contributed by atoms with van der Waals surface area (Å²) in [5.41, 5.74) is 0.905. The molecule has 4 rings (SSSR count). The van der Waals surface area contributed by atoms with Crippen LogP contribution in [0.4, 0.5) is 26.1 Å². The number of benzene rings is 3. The standard InChI is InChI=1S/C29H26ClF2N5O3/c1-37(2)13-14-40-26-10-9-20(16-22(26)30)35-29-33-12-11-21(36-29)17-25(38)18-5-3-6-19(15-18)34-28(39)27-23(31)7-4-8-24(27)32/h3-12,15-16H,13-14,17H2,1-2H3,(H,34,39)(H,33,35,36). The van der Waals surface area contributed by atoms with E-state index in [2.05, 4.69) is 20.6 Å². The summed E-state index contributed by atoms with van der Waals surface area (Å²) in [7, 11) is 3.91. The van der Waals surface area contributed by atoms with E-state index in [1.165, 1.54) is 24.4 Å². The van der Waals surface area contributed by atoms with E-state index in [4.69, 9.17) is 16.3 Å². The highest BCUT2D eigenvalue weighted by molar-refractivity contribution is 6.32. The second-order valence-electron chi connectivity index (χ2n) is 9.03. The third kappa shape index (κ3) is 7.58. The van der Waals surface area contributed by atoms with Crippen LogP contribution in [0.3, 0.4) is 0 Å². The molecular formula is C29H26ClF2N5O3. The maximum Gasteiger partial charge on any atom is 0.261 e. The van der Waals surface area contributed by atoms with Gasteiger partial charge in [-0.2, -0.15) is 0 Å². The monoisotopic (exact) mass is 565 g/mol. The number of nitrogens with one attached hydrogen (secondary N) is 2. The number of aromatic nitrogens is 2. The molecule has 0 radical (unpaired) electrons. The van der Waals surface area contributed by atoms with Crippen LogP contribution in [0.1, 0.15) is 26.4 Å². The number of nitrogens with zero attached hydrogens (tertiary/aromatic N) is 3. The fraction of sp³-hybridized carbons (Fsp3) is 0.172. The van der Waals surface area contributed by atoms with Gasteiger partial charge in [0.2, 0.25) is 5.95 Å². The zero-order valence-electron chi connectivity index (χ0n) is 21.7. The highest BCUT2D eigenvalue weighted by Gasteiger charge is 2.18. The molecule has 1 heterocycles. The molecule has 0 bridgehead atoms. The summed E-state index contributed by atoms with van der Waals surface area (Å²) in [6.07, 6.45) is 1.48. The first kappa shape index (κ1) is 28.6. The lowest BCUT2D eigenvalue weighted by Gasteiger charge is -2.13. The smallest absolute Gasteiger partial charge is 0.261 e. The third-order valence-corrected chi connectivity index (χ3v) is 5.97. The van der Waals surface area contributed by atoms with Gasteiger partial charge >= 0.3 is 0 Å². The van der Waals surface area contributed by atoms with Crippen LogP contribution in [0.5, 0.6) is 5.75 Å². The van der Waals surface area contributed by atoms with E-state index in [0.29, 0.717) is 28.8 Å². The molecular weight excluding hydrogens is 540 g/mol. The van der Waals surface area contributed by atoms with Crippen LogP contribution in [0.2, 0.25) is 5.02 Å². The van der Waals surface area contributed by atoms with Gasteiger partial charge in [-0.3, -0.25) is 9.59 Å². The van der Waals surface area contributed by atoms with E-state index in [1.54, 1.807) is 36.4 Å². The molecule has 2 N–H and O–H groups in total. The normalized spacial score (nSPS) is 10.8. The Labute approximate surface area is 235 Å². The van der Waals surface area contributed by atoms with Gasteiger partial charge in [-0.25, -0.2) is 18.7 Å². The number of amides is 1. The summed E-state index contributed by atoms with van der Waals surface area (Å²) in [5.74, 6) is -2.36. The minimum atomic E-state index is -0.982. The molecule has 3 aromatic carbocycles. The van der Waals surface area contributed by atoms with Crippen LogP contribution in [0.15, 0.2) is 72.9 Å². The molecule has 0 aliphatic heterocycles. The topological polar surface area (TPSA) is 96.5 Å². The zero-order valence-corrected chi connectivity index (χ0v) is 22.5. The molecule has 0 unspecified atom stereocenters. The second-order valence-corrected chi connectivity index (χ2v) is 9.43. The molecule has 0 atom stereocenters. The van der Waals surface area contributed by atoms with E-state index in [-0.39, 0.29) is 29.4 Å². The van der Waals surface area contributed by atoms with Gasteiger partial charge in [-0.15, -0.1) is 0 Å². The molecule has 11 heteroatoms. The minimum Gasteiger partial charge on any atom is -0.491 e. The fourth-order valence-electron chi connectivity index (χ4n) is 3.66. The lowest BCUT2D eigenvalue weighted by atomic mass is 10.1. The third-order valence-electron chi connectivity index (χ3n) is 5.67. The Morgan fingerprint density at radius 3 is 2.45 bits per heavy atom. The van der Waals surface area contributed by atoms with Gasteiger partial charge in [0.15, 0.2) is 5.78 Å². The average Bonchev–Trinajstić information content (AvgIpc) is 2.90. The minimum absolute atomic E-state index is 0.0457. The van der Waals surface area contributed by atoms with Crippen molar-refractivity contribution in [1.29, 1.82) is 0 Å². The van der Waals surface area contributed by atoms with Gasteiger partial charge in [0.1, 0.15) is 29.6 Å². The number of likely N-dealkylation sites (N-methyl/N-ethyl adjacent to an activating group) is 1. The number of Topliss-reactive ketones (excluding diaryl/α,β-unsaturated/α-hetero) is 1. The van der Waals surface area contributed by atoms with Crippen molar-refractivity contribution < 1.29 is 23.1 Å². The average molecular weight is 566 g/mol. The van der Waals surface area contributed by atoms with Gasteiger partial charge in [-0.1, -0.05) is 29.8 Å². The summed E-state index contributed by atoms with van der Waals surface area (Å²) in [6.45, 7) is 1.25. The molecule has 1 amide bonds. The van der Waals surface area contributed by atoms with Crippen LogP contribution < -0.4 is 15.4 Å². The molecule has 206 valence electrons. The number of halogens is 3. The number of carbonyl (C=O) groups is 2. The number of hydrogen-bond donors (Lipinski definition) is 2. The molecule has 0 fully saturated rings. The van der Waals surface area contributed by atoms with Crippen LogP contribution in [-0.2, 0) is 6.42 Å². The highest BCUT2D eigenvalue weighted by atomic mass is 35.5. The van der Waals surface area contributed by atoms with Crippen molar-refractivity contribution in [2.24, 2.45) is 0 Å². The predicted molar refractivity (Wildman–Crippen MR) is 150 cm³/mol. The molecule has 40 heavy (non-hydrogen) atoms. The first-order chi connectivity index (χ1) is 19.2. The van der Waals surface area contributed by atoms with Crippen molar-refractivity contribution in [3.63, 3.8) is 0 Å². The van der Waals surface area contributed by atoms with Gasteiger partial charge in [0, 0.05) is 29.7 Å². The molecule has 0 saturated heterocycles. The van der Waals surface area contributed by atoms with Crippen LogP contribution >= 0.6 is 11.6 Å². The number of carbonyl (C=O) groups excluding carboxylic acids is 2. The van der Waals surface area contributed by atoms with Crippen molar-refractivity contribution in [1.82, 2.24) is 14.9 Å². The maximum atomic E-state index is 13.9. The number of anilines is 3. The molecule has 0 aliphatic rings. The molecule has 1 aromatic heterocycles. The Kier molecular flexibility index (Phi) is 9.36. The van der Waals surface area contributed by atoms with E-state index < -0.39 is 23.1 Å². The van der Waals surface area contributed by atoms with Crippen molar-refractivity contribution >= 4 is 40.6 Å². The van der Waals surface area contributed by atoms with Crippen molar-refractivity contribution in [2.45, 2.75) is 6.42 Å². The predicted octanol–water partition coefficient (Wildman–Crippen LogP) is 5.77. The first-order valence-corrected chi connectivity index (χ1v) is 12.6.